The molecule has 2 amide bonds. The number of nitrogens with one attached hydrogen (secondary N) is 3. The maximum Gasteiger partial charge on any atom is 0.326 e. The smallest absolute Gasteiger partial charge is 0.326 e. The van der Waals surface area contributed by atoms with Crippen molar-refractivity contribution in [2.45, 2.75) is 44.3 Å². The van der Waals surface area contributed by atoms with E-state index >= 15 is 0 Å². The first kappa shape index (κ1) is 20.1. The maximum absolute atomic E-state index is 12.4. The minimum absolute atomic E-state index is 0.0312. The van der Waals surface area contributed by atoms with E-state index in [1.165, 1.54) is 26.4 Å². The molecule has 0 radical (unpaired) electrons. The highest BCUT2D eigenvalue weighted by Gasteiger charge is 2.31. The fourth-order valence-corrected chi connectivity index (χ4v) is 1.81. The molecule has 0 saturated heterocycles. The molecule has 0 bridgehead atoms. The summed E-state index contributed by atoms with van der Waals surface area (Å²) in [4.78, 5) is 52.9. The zero-order valence-electron chi connectivity index (χ0n) is 13.8. The molecule has 25 heavy (non-hydrogen) atoms. The molecule has 0 aliphatic rings. The van der Waals surface area contributed by atoms with Crippen LogP contribution in [-0.2, 0) is 25.6 Å². The molecular formula is C14H21N5O6. The Bertz CT molecular complexity index is 637. The molecule has 0 aliphatic carbocycles. The maximum atomic E-state index is 12.4. The van der Waals surface area contributed by atoms with Crippen molar-refractivity contribution in [3.63, 3.8) is 0 Å². The number of rotatable bonds is 9. The monoisotopic (exact) mass is 355 g/mol. The van der Waals surface area contributed by atoms with Crippen molar-refractivity contribution < 1.29 is 29.4 Å². The molecule has 0 aliphatic heterocycles. The summed E-state index contributed by atoms with van der Waals surface area (Å²) >= 11 is 0. The third-order valence-corrected chi connectivity index (χ3v) is 3.17. The number of aromatic nitrogens is 2. The van der Waals surface area contributed by atoms with Crippen LogP contribution in [0.4, 0.5) is 0 Å². The summed E-state index contributed by atoms with van der Waals surface area (Å²) in [6.45, 7) is 2.88. The molecule has 0 fully saturated rings. The second kappa shape index (κ2) is 8.24. The Morgan fingerprint density at radius 2 is 1.88 bits per heavy atom. The van der Waals surface area contributed by atoms with Crippen LogP contribution in [0.3, 0.4) is 0 Å². The minimum Gasteiger partial charge on any atom is -0.481 e. The number of imidazole rings is 1. The summed E-state index contributed by atoms with van der Waals surface area (Å²) in [7, 11) is 0. The number of nitrogens with zero attached hydrogens (tertiary/aromatic N) is 1. The second-order valence-corrected chi connectivity index (χ2v) is 6.01. The van der Waals surface area contributed by atoms with E-state index in [2.05, 4.69) is 20.6 Å². The van der Waals surface area contributed by atoms with E-state index in [0.29, 0.717) is 5.69 Å². The Morgan fingerprint density at radius 3 is 2.32 bits per heavy atom. The quantitative estimate of drug-likeness (QED) is 0.300. The van der Waals surface area contributed by atoms with Gasteiger partial charge in [-0.25, -0.2) is 9.78 Å². The molecule has 0 aromatic carbocycles. The van der Waals surface area contributed by atoms with Gasteiger partial charge in [-0.1, -0.05) is 0 Å². The number of hydrogen-bond acceptors (Lipinski definition) is 6. The number of carbonyl (C=O) groups excluding carboxylic acids is 2. The van der Waals surface area contributed by atoms with Gasteiger partial charge < -0.3 is 31.6 Å². The van der Waals surface area contributed by atoms with Crippen LogP contribution in [-0.4, -0.2) is 61.6 Å². The van der Waals surface area contributed by atoms with E-state index in [0.717, 1.165) is 0 Å². The molecule has 1 rings (SSSR count). The van der Waals surface area contributed by atoms with Crippen molar-refractivity contribution >= 4 is 23.8 Å². The van der Waals surface area contributed by atoms with Crippen molar-refractivity contribution in [3.05, 3.63) is 18.2 Å². The fourth-order valence-electron chi connectivity index (χ4n) is 1.81. The molecule has 138 valence electrons. The minimum atomic E-state index is -1.63. The molecule has 2 atom stereocenters. The van der Waals surface area contributed by atoms with E-state index < -0.39 is 47.8 Å². The molecule has 1 heterocycles. The van der Waals surface area contributed by atoms with Crippen molar-refractivity contribution in [1.82, 2.24) is 20.6 Å². The number of aliphatic carboxylic acids is 2. The molecule has 1 aromatic rings. The van der Waals surface area contributed by atoms with Gasteiger partial charge >= 0.3 is 11.9 Å². The number of carboxylic acid groups (broad SMARTS) is 2. The highest BCUT2D eigenvalue weighted by molar-refractivity contribution is 5.93. The molecule has 0 spiro atoms. The summed E-state index contributed by atoms with van der Waals surface area (Å²) in [6.07, 6.45) is 2.05. The second-order valence-electron chi connectivity index (χ2n) is 6.01. The van der Waals surface area contributed by atoms with Gasteiger partial charge in [-0.05, 0) is 13.8 Å². The van der Waals surface area contributed by atoms with E-state index in [1.807, 2.05) is 0 Å². The number of aromatic amines is 1. The van der Waals surface area contributed by atoms with Crippen LogP contribution in [0.2, 0.25) is 0 Å². The van der Waals surface area contributed by atoms with Crippen molar-refractivity contribution in [3.8, 4) is 0 Å². The number of amides is 2. The van der Waals surface area contributed by atoms with Crippen LogP contribution in [0.5, 0.6) is 0 Å². The standard InChI is InChI=1S/C14H21N5O6/c1-14(2,15)13(25)19-8(3-7-5-16-6-17-7)11(22)18-9(12(23)24)4-10(20)21/h5-6,8-9H,3-4,15H2,1-2H3,(H,16,17)(H,18,22)(H,19,25)(H,20,21)(H,23,24)/t8-,9-/m0/s1. The predicted molar refractivity (Wildman–Crippen MR) is 84.3 cm³/mol. The Morgan fingerprint density at radius 1 is 1.24 bits per heavy atom. The van der Waals surface area contributed by atoms with Gasteiger partial charge in [-0.15, -0.1) is 0 Å². The van der Waals surface area contributed by atoms with Gasteiger partial charge in [0.2, 0.25) is 11.8 Å². The van der Waals surface area contributed by atoms with Crippen molar-refractivity contribution in [1.29, 1.82) is 0 Å². The third-order valence-electron chi connectivity index (χ3n) is 3.17. The molecule has 11 heteroatoms. The lowest BCUT2D eigenvalue weighted by Gasteiger charge is -2.24. The normalized spacial score (nSPS) is 13.6. The molecule has 0 unspecified atom stereocenters. The Labute approximate surface area is 143 Å². The van der Waals surface area contributed by atoms with Crippen LogP contribution in [0.15, 0.2) is 12.5 Å². The lowest BCUT2D eigenvalue weighted by molar-refractivity contribution is -0.147. The zero-order valence-corrected chi connectivity index (χ0v) is 13.8. The van der Waals surface area contributed by atoms with Crippen molar-refractivity contribution in [2.75, 3.05) is 0 Å². The number of carbonyl (C=O) groups is 4. The number of hydrogen-bond donors (Lipinski definition) is 6. The summed E-state index contributed by atoms with van der Waals surface area (Å²) in [5.41, 5.74) is 4.86. The van der Waals surface area contributed by atoms with Crippen LogP contribution in [0, 0.1) is 0 Å². The van der Waals surface area contributed by atoms with Crippen LogP contribution in [0.25, 0.3) is 0 Å². The summed E-state index contributed by atoms with van der Waals surface area (Å²) in [6, 6.07) is -2.80. The highest BCUT2D eigenvalue weighted by Crippen LogP contribution is 2.04. The zero-order chi connectivity index (χ0) is 19.2. The van der Waals surface area contributed by atoms with E-state index in [-0.39, 0.29) is 6.42 Å². The van der Waals surface area contributed by atoms with Crippen LogP contribution < -0.4 is 16.4 Å². The molecular weight excluding hydrogens is 334 g/mol. The lowest BCUT2D eigenvalue weighted by atomic mass is 10.0. The van der Waals surface area contributed by atoms with Gasteiger partial charge in [-0.2, -0.15) is 0 Å². The Hall–Kier alpha value is -2.95. The van der Waals surface area contributed by atoms with Gasteiger partial charge in [0.15, 0.2) is 0 Å². The van der Waals surface area contributed by atoms with Gasteiger partial charge in [0.05, 0.1) is 24.0 Å². The summed E-state index contributed by atoms with van der Waals surface area (Å²) < 4.78 is 0. The van der Waals surface area contributed by atoms with E-state index in [4.69, 9.17) is 15.9 Å². The van der Waals surface area contributed by atoms with Crippen LogP contribution >= 0.6 is 0 Å². The molecule has 1 aromatic heterocycles. The first-order chi connectivity index (χ1) is 11.5. The predicted octanol–water partition coefficient (Wildman–Crippen LogP) is -1.78. The average Bonchev–Trinajstić information content (AvgIpc) is 2.97. The van der Waals surface area contributed by atoms with Gasteiger partial charge in [0.1, 0.15) is 12.1 Å². The fraction of sp³-hybridized carbons (Fsp3) is 0.500. The van der Waals surface area contributed by atoms with E-state index in [1.54, 1.807) is 0 Å². The molecule has 0 saturated carbocycles. The largest absolute Gasteiger partial charge is 0.481 e. The molecule has 7 N–H and O–H groups in total. The summed E-state index contributed by atoms with van der Waals surface area (Å²) in [5, 5.41) is 22.3. The Kier molecular flexibility index (Phi) is 6.62. The number of carboxylic acids is 2. The van der Waals surface area contributed by atoms with Gasteiger partial charge in [0, 0.05) is 12.6 Å². The third kappa shape index (κ3) is 6.59. The summed E-state index contributed by atoms with van der Waals surface area (Å²) in [5.74, 6) is -4.37. The topological polar surface area (TPSA) is 187 Å². The lowest BCUT2D eigenvalue weighted by Crippen LogP contribution is -2.58. The SMILES string of the molecule is CC(C)(N)C(=O)N[C@@H](Cc1c[nH]cn1)C(=O)N[C@@H](CC(=O)O)C(=O)O. The van der Waals surface area contributed by atoms with Gasteiger partial charge in [-0.3, -0.25) is 14.4 Å². The first-order valence-electron chi connectivity index (χ1n) is 7.33. The highest BCUT2D eigenvalue weighted by atomic mass is 16.4. The molecule has 11 nitrogen and oxygen atoms in total. The number of nitrogens with two attached hydrogens (primary N) is 1. The van der Waals surface area contributed by atoms with Crippen molar-refractivity contribution in [2.24, 2.45) is 5.73 Å². The average molecular weight is 355 g/mol. The number of H-pyrrole nitrogens is 1. The van der Waals surface area contributed by atoms with Crippen LogP contribution in [0.1, 0.15) is 26.0 Å². The Balaban J connectivity index is 2.92. The first-order valence-corrected chi connectivity index (χ1v) is 7.33. The van der Waals surface area contributed by atoms with E-state index in [9.17, 15) is 19.2 Å². The van der Waals surface area contributed by atoms with Gasteiger partial charge in [0.25, 0.3) is 0 Å².